The van der Waals surface area contributed by atoms with Crippen LogP contribution in [0, 0.1) is 0 Å². The highest BCUT2D eigenvalue weighted by molar-refractivity contribution is 7.87. The van der Waals surface area contributed by atoms with E-state index in [-0.39, 0.29) is 18.5 Å². The van der Waals surface area contributed by atoms with Gasteiger partial charge in [0, 0.05) is 24.7 Å². The van der Waals surface area contributed by atoms with E-state index < -0.39 is 10.2 Å². The zero-order chi connectivity index (χ0) is 16.2. The van der Waals surface area contributed by atoms with Crippen molar-refractivity contribution in [2.45, 2.75) is 25.3 Å². The Kier molecular flexibility index (Phi) is 5.80. The fourth-order valence-electron chi connectivity index (χ4n) is 2.62. The quantitative estimate of drug-likeness (QED) is 0.805. The van der Waals surface area contributed by atoms with Crippen LogP contribution in [0.25, 0.3) is 0 Å². The summed E-state index contributed by atoms with van der Waals surface area (Å²) < 4.78 is 27.0. The van der Waals surface area contributed by atoms with Crippen LogP contribution >= 0.6 is 11.6 Å². The number of nitrogens with one attached hydrogen (secondary N) is 2. The molecule has 22 heavy (non-hydrogen) atoms. The van der Waals surface area contributed by atoms with Crippen LogP contribution in [0.3, 0.4) is 0 Å². The van der Waals surface area contributed by atoms with Crippen molar-refractivity contribution in [2.24, 2.45) is 0 Å². The number of carbonyl (C=O) groups is 1. The fourth-order valence-corrected chi connectivity index (χ4v) is 3.30. The molecule has 1 aromatic carbocycles. The molecule has 1 atom stereocenters. The van der Waals surface area contributed by atoms with E-state index in [0.717, 1.165) is 18.4 Å². The standard InChI is InChI=1S/C14H20ClN3O3S/c1-16-22(20,21)17-10-14(19)18-8-4-6-12(18)9-11-5-2-3-7-13(11)15/h2-3,5,7,12,16-17H,4,6,8-10H2,1H3/t12-/m1/s1. The number of halogens is 1. The first-order chi connectivity index (χ1) is 10.4. The summed E-state index contributed by atoms with van der Waals surface area (Å²) in [4.78, 5) is 14.0. The highest BCUT2D eigenvalue weighted by Gasteiger charge is 2.29. The Morgan fingerprint density at radius 2 is 2.14 bits per heavy atom. The summed E-state index contributed by atoms with van der Waals surface area (Å²) >= 11 is 6.17. The third-order valence-corrected chi connectivity index (χ3v) is 5.22. The largest absolute Gasteiger partial charge is 0.338 e. The minimum absolute atomic E-state index is 0.0616. The molecule has 1 saturated heterocycles. The molecule has 1 fully saturated rings. The Morgan fingerprint density at radius 3 is 2.82 bits per heavy atom. The van der Waals surface area contributed by atoms with E-state index in [9.17, 15) is 13.2 Å². The molecule has 1 aliphatic rings. The first kappa shape index (κ1) is 17.2. The summed E-state index contributed by atoms with van der Waals surface area (Å²) in [6.07, 6.45) is 2.50. The van der Waals surface area contributed by atoms with Crippen LogP contribution < -0.4 is 9.44 Å². The molecular formula is C14H20ClN3O3S. The molecular weight excluding hydrogens is 326 g/mol. The minimum Gasteiger partial charge on any atom is -0.338 e. The minimum atomic E-state index is -3.60. The Balaban J connectivity index is 1.98. The second-order valence-electron chi connectivity index (χ2n) is 5.21. The van der Waals surface area contributed by atoms with Crippen LogP contribution in [-0.2, 0) is 21.4 Å². The first-order valence-corrected chi connectivity index (χ1v) is 9.00. The lowest BCUT2D eigenvalue weighted by Gasteiger charge is -2.25. The molecule has 0 spiro atoms. The summed E-state index contributed by atoms with van der Waals surface area (Å²) in [5.41, 5.74) is 1.00. The van der Waals surface area contributed by atoms with Crippen LogP contribution in [0.1, 0.15) is 18.4 Å². The zero-order valence-corrected chi connectivity index (χ0v) is 14.0. The number of amides is 1. The molecule has 1 aliphatic heterocycles. The summed E-state index contributed by atoms with van der Waals surface area (Å²) in [5, 5.41) is 0.692. The third-order valence-electron chi connectivity index (χ3n) is 3.79. The second kappa shape index (κ2) is 7.41. The number of likely N-dealkylation sites (tertiary alicyclic amines) is 1. The van der Waals surface area contributed by atoms with E-state index in [1.807, 2.05) is 24.3 Å². The molecule has 122 valence electrons. The number of carbonyl (C=O) groups excluding carboxylic acids is 1. The van der Waals surface area contributed by atoms with Crippen LogP contribution in [0.4, 0.5) is 0 Å². The summed E-state index contributed by atoms with van der Waals surface area (Å²) in [5.74, 6) is -0.214. The second-order valence-corrected chi connectivity index (χ2v) is 7.32. The molecule has 1 amide bonds. The number of rotatable bonds is 6. The first-order valence-electron chi connectivity index (χ1n) is 7.14. The maximum atomic E-state index is 12.2. The fraction of sp³-hybridized carbons (Fsp3) is 0.500. The highest BCUT2D eigenvalue weighted by Crippen LogP contribution is 2.24. The maximum absolute atomic E-state index is 12.2. The predicted octanol–water partition coefficient (Wildman–Crippen LogP) is 0.927. The molecule has 0 unspecified atom stereocenters. The van der Waals surface area contributed by atoms with Gasteiger partial charge in [0.05, 0.1) is 6.54 Å². The molecule has 2 rings (SSSR count). The molecule has 0 aromatic heterocycles. The summed E-state index contributed by atoms with van der Waals surface area (Å²) in [6, 6.07) is 7.64. The average molecular weight is 346 g/mol. The van der Waals surface area contributed by atoms with Crippen molar-refractivity contribution in [3.63, 3.8) is 0 Å². The Bertz CT molecular complexity index is 636. The van der Waals surface area contributed by atoms with E-state index in [1.54, 1.807) is 4.90 Å². The van der Waals surface area contributed by atoms with E-state index in [4.69, 9.17) is 11.6 Å². The van der Waals surface area contributed by atoms with Gasteiger partial charge in [-0.05, 0) is 30.9 Å². The van der Waals surface area contributed by atoms with E-state index in [2.05, 4.69) is 9.44 Å². The molecule has 0 saturated carbocycles. The van der Waals surface area contributed by atoms with Crippen LogP contribution in [0.2, 0.25) is 5.02 Å². The van der Waals surface area contributed by atoms with Crippen LogP contribution in [-0.4, -0.2) is 45.4 Å². The van der Waals surface area contributed by atoms with Crippen molar-refractivity contribution in [2.75, 3.05) is 20.1 Å². The predicted molar refractivity (Wildman–Crippen MR) is 85.9 cm³/mol. The Morgan fingerprint density at radius 1 is 1.41 bits per heavy atom. The van der Waals surface area contributed by atoms with Gasteiger partial charge in [0.2, 0.25) is 5.91 Å². The van der Waals surface area contributed by atoms with Crippen molar-refractivity contribution >= 4 is 27.7 Å². The van der Waals surface area contributed by atoms with Gasteiger partial charge in [-0.25, -0.2) is 4.72 Å². The van der Waals surface area contributed by atoms with Crippen LogP contribution in [0.5, 0.6) is 0 Å². The molecule has 0 bridgehead atoms. The van der Waals surface area contributed by atoms with E-state index in [0.29, 0.717) is 18.0 Å². The van der Waals surface area contributed by atoms with Crippen molar-refractivity contribution in [3.8, 4) is 0 Å². The van der Waals surface area contributed by atoms with E-state index in [1.165, 1.54) is 7.05 Å². The average Bonchev–Trinajstić information content (AvgIpc) is 2.95. The van der Waals surface area contributed by atoms with Crippen molar-refractivity contribution < 1.29 is 13.2 Å². The lowest BCUT2D eigenvalue weighted by Crippen LogP contribution is -2.45. The number of hydrogen-bond acceptors (Lipinski definition) is 3. The van der Waals surface area contributed by atoms with Crippen molar-refractivity contribution in [1.82, 2.24) is 14.3 Å². The molecule has 0 aliphatic carbocycles. The van der Waals surface area contributed by atoms with Gasteiger partial charge in [-0.1, -0.05) is 29.8 Å². The smallest absolute Gasteiger partial charge is 0.277 e. The van der Waals surface area contributed by atoms with Crippen molar-refractivity contribution in [1.29, 1.82) is 0 Å². The van der Waals surface area contributed by atoms with Gasteiger partial charge in [-0.15, -0.1) is 0 Å². The van der Waals surface area contributed by atoms with Crippen molar-refractivity contribution in [3.05, 3.63) is 34.9 Å². The van der Waals surface area contributed by atoms with Gasteiger partial charge in [0.1, 0.15) is 0 Å². The monoisotopic (exact) mass is 345 g/mol. The van der Waals surface area contributed by atoms with Crippen LogP contribution in [0.15, 0.2) is 24.3 Å². The Labute approximate surface area is 136 Å². The lowest BCUT2D eigenvalue weighted by molar-refractivity contribution is -0.130. The molecule has 0 radical (unpaired) electrons. The molecule has 6 nitrogen and oxygen atoms in total. The topological polar surface area (TPSA) is 78.5 Å². The van der Waals surface area contributed by atoms with Gasteiger partial charge in [0.15, 0.2) is 0 Å². The molecule has 1 aromatic rings. The number of nitrogens with zero attached hydrogens (tertiary/aromatic N) is 1. The highest BCUT2D eigenvalue weighted by atomic mass is 35.5. The van der Waals surface area contributed by atoms with Gasteiger partial charge in [0.25, 0.3) is 10.2 Å². The third kappa shape index (κ3) is 4.42. The number of hydrogen-bond donors (Lipinski definition) is 2. The Hall–Kier alpha value is -1.15. The molecule has 1 heterocycles. The molecule has 2 N–H and O–H groups in total. The van der Waals surface area contributed by atoms with Gasteiger partial charge in [-0.2, -0.15) is 13.1 Å². The van der Waals surface area contributed by atoms with Gasteiger partial charge >= 0.3 is 0 Å². The zero-order valence-electron chi connectivity index (χ0n) is 12.4. The summed E-state index contributed by atoms with van der Waals surface area (Å²) in [6.45, 7) is 0.414. The maximum Gasteiger partial charge on any atom is 0.277 e. The normalized spacial score (nSPS) is 18.6. The molecule has 8 heteroatoms. The number of benzene rings is 1. The van der Waals surface area contributed by atoms with E-state index >= 15 is 0 Å². The summed E-state index contributed by atoms with van der Waals surface area (Å²) in [7, 11) is -2.30. The lowest BCUT2D eigenvalue weighted by atomic mass is 10.0. The van der Waals surface area contributed by atoms with Gasteiger partial charge < -0.3 is 4.90 Å². The SMILES string of the molecule is CNS(=O)(=O)NCC(=O)N1CCC[C@@H]1Cc1ccccc1Cl. The van der Waals surface area contributed by atoms with Gasteiger partial charge in [-0.3, -0.25) is 4.79 Å².